The van der Waals surface area contributed by atoms with E-state index in [0.717, 1.165) is 72.3 Å². The number of nitrogens with one attached hydrogen (secondary N) is 3. The van der Waals surface area contributed by atoms with Crippen LogP contribution in [0, 0.1) is 5.92 Å². The van der Waals surface area contributed by atoms with Crippen molar-refractivity contribution in [2.24, 2.45) is 5.92 Å². The van der Waals surface area contributed by atoms with E-state index in [1.807, 2.05) is 17.9 Å². The highest BCUT2D eigenvalue weighted by atomic mass is 16.5. The fraction of sp³-hybridized carbons (Fsp3) is 0.488. The van der Waals surface area contributed by atoms with Crippen LogP contribution in [0.5, 0.6) is 0 Å². The number of fused-ring (bicyclic) bond motifs is 3. The van der Waals surface area contributed by atoms with E-state index < -0.39 is 11.5 Å². The van der Waals surface area contributed by atoms with Crippen LogP contribution in [0.4, 0.5) is 22.9 Å². The molecule has 1 aliphatic carbocycles. The second kappa shape index (κ2) is 15.1. The number of likely N-dealkylation sites (tertiary alicyclic amines) is 2. The first-order chi connectivity index (χ1) is 28.0. The average molecular weight is 786 g/mol. The fourth-order valence-electron chi connectivity index (χ4n) is 8.71. The molecule has 9 rings (SSSR count). The van der Waals surface area contributed by atoms with E-state index in [1.165, 1.54) is 0 Å². The molecular weight excluding hydrogens is 737 g/mol. The third-order valence-corrected chi connectivity index (χ3v) is 12.4. The van der Waals surface area contributed by atoms with Gasteiger partial charge in [-0.3, -0.25) is 24.0 Å². The number of aromatic nitrogens is 5. The smallest absolute Gasteiger partial charge is 0.273 e. The molecule has 0 bridgehead atoms. The third-order valence-electron chi connectivity index (χ3n) is 12.4. The second-order valence-electron chi connectivity index (χ2n) is 16.2. The predicted octanol–water partition coefficient (Wildman–Crippen LogP) is 3.66. The molecular formula is C41H48BN11O5. The highest BCUT2D eigenvalue weighted by Gasteiger charge is 2.44. The van der Waals surface area contributed by atoms with Gasteiger partial charge in [0.1, 0.15) is 19.2 Å². The van der Waals surface area contributed by atoms with Crippen LogP contribution >= 0.6 is 0 Å². The Morgan fingerprint density at radius 1 is 0.983 bits per heavy atom. The number of pyridine rings is 1. The summed E-state index contributed by atoms with van der Waals surface area (Å²) in [6.07, 6.45) is 7.29. The van der Waals surface area contributed by atoms with Crippen molar-refractivity contribution in [1.29, 1.82) is 0 Å². The maximum absolute atomic E-state index is 13.1. The van der Waals surface area contributed by atoms with Crippen LogP contribution in [0.25, 0.3) is 11.1 Å². The van der Waals surface area contributed by atoms with Gasteiger partial charge >= 0.3 is 0 Å². The molecule has 16 nitrogen and oxygen atoms in total. The summed E-state index contributed by atoms with van der Waals surface area (Å²) in [5, 5.41) is 34.1. The topological polar surface area (TPSA) is 183 Å². The molecule has 0 spiro atoms. The van der Waals surface area contributed by atoms with E-state index in [2.05, 4.69) is 55.1 Å². The molecule has 1 saturated carbocycles. The van der Waals surface area contributed by atoms with Gasteiger partial charge in [-0.05, 0) is 81.2 Å². The number of anilines is 4. The van der Waals surface area contributed by atoms with E-state index in [9.17, 15) is 19.5 Å². The van der Waals surface area contributed by atoms with Crippen molar-refractivity contribution in [3.05, 3.63) is 70.9 Å². The molecule has 300 valence electrons. The van der Waals surface area contributed by atoms with Crippen molar-refractivity contribution in [2.45, 2.75) is 69.1 Å². The third kappa shape index (κ3) is 6.88. The molecule has 58 heavy (non-hydrogen) atoms. The van der Waals surface area contributed by atoms with Gasteiger partial charge in [-0.2, -0.15) is 5.10 Å². The lowest BCUT2D eigenvalue weighted by Gasteiger charge is -2.49. The van der Waals surface area contributed by atoms with Gasteiger partial charge < -0.3 is 35.6 Å². The fourth-order valence-corrected chi connectivity index (χ4v) is 8.71. The van der Waals surface area contributed by atoms with Crippen LogP contribution in [0.2, 0.25) is 0 Å². The summed E-state index contributed by atoms with van der Waals surface area (Å²) < 4.78 is 7.78. The van der Waals surface area contributed by atoms with Crippen LogP contribution in [0.15, 0.2) is 42.6 Å². The Balaban J connectivity index is 1.03. The van der Waals surface area contributed by atoms with Gasteiger partial charge in [-0.15, -0.1) is 10.2 Å². The lowest BCUT2D eigenvalue weighted by Crippen LogP contribution is -2.59. The summed E-state index contributed by atoms with van der Waals surface area (Å²) in [7, 11) is 10.2. The molecule has 7 heterocycles. The monoisotopic (exact) mass is 785 g/mol. The molecule has 3 saturated heterocycles. The van der Waals surface area contributed by atoms with E-state index in [-0.39, 0.29) is 58.6 Å². The van der Waals surface area contributed by atoms with E-state index in [1.54, 1.807) is 41.1 Å². The lowest BCUT2D eigenvalue weighted by molar-refractivity contribution is -0.117. The molecule has 4 fully saturated rings. The number of aliphatic hydroxyl groups is 1. The van der Waals surface area contributed by atoms with Crippen molar-refractivity contribution in [2.75, 3.05) is 69.0 Å². The molecule has 5 aliphatic rings. The summed E-state index contributed by atoms with van der Waals surface area (Å²) in [5.74, 6) is -0.169. The Morgan fingerprint density at radius 2 is 1.74 bits per heavy atom. The first-order valence-corrected chi connectivity index (χ1v) is 20.3. The highest BCUT2D eigenvalue weighted by Crippen LogP contribution is 2.51. The van der Waals surface area contributed by atoms with Crippen molar-refractivity contribution >= 4 is 48.4 Å². The van der Waals surface area contributed by atoms with Gasteiger partial charge in [0.15, 0.2) is 11.5 Å². The number of carbonyl (C=O) groups is 3. The molecule has 3 amide bonds. The maximum Gasteiger partial charge on any atom is 0.273 e. The Morgan fingerprint density at radius 3 is 2.47 bits per heavy atom. The van der Waals surface area contributed by atoms with E-state index in [0.29, 0.717) is 45.1 Å². The number of ether oxygens (including phenoxy) is 1. The second-order valence-corrected chi connectivity index (χ2v) is 16.2. The van der Waals surface area contributed by atoms with Crippen molar-refractivity contribution < 1.29 is 24.2 Å². The molecule has 17 heteroatoms. The summed E-state index contributed by atoms with van der Waals surface area (Å²) >= 11 is 0. The van der Waals surface area contributed by atoms with Crippen molar-refractivity contribution in [1.82, 2.24) is 40.1 Å². The number of rotatable bonds is 10. The molecule has 2 unspecified atom stereocenters. The lowest BCUT2D eigenvalue weighted by atomic mass is 9.82. The average Bonchev–Trinajstić information content (AvgIpc) is 3.75. The van der Waals surface area contributed by atoms with Crippen LogP contribution in [0.1, 0.15) is 101 Å². The van der Waals surface area contributed by atoms with Gasteiger partial charge in [0.2, 0.25) is 5.91 Å². The number of carbonyl (C=O) groups excluding carboxylic acids is 3. The minimum absolute atomic E-state index is 0.0275. The standard InChI is InChI=1S/C41H48BN11O5/c1-23-36-29(20-44-53(36)27-21-52(22-27)41(42,57)33-8-6-7-30(46-33)40(56)51-13-4-5-14-51)28-17-26(24-11-15-58-16-12-24)18-32(37(28)50(23)3)45-31-19-34(47-38(54)25-9-10-25)48-49-35(31)39(55)43-2/h6-8,17-20,23-25,27,57H,4-5,9-16,21-22H2,1-3H3,(H,43,55)(H2,45,47,48,54). The van der Waals surface area contributed by atoms with Gasteiger partial charge in [0.05, 0.1) is 46.7 Å². The van der Waals surface area contributed by atoms with Crippen molar-refractivity contribution in [3.63, 3.8) is 0 Å². The number of hydrogen-bond acceptors (Lipinski definition) is 12. The van der Waals surface area contributed by atoms with E-state index >= 15 is 0 Å². The zero-order valence-electron chi connectivity index (χ0n) is 33.1. The van der Waals surface area contributed by atoms with Gasteiger partial charge in [-0.1, -0.05) is 6.07 Å². The Kier molecular flexibility index (Phi) is 9.92. The minimum atomic E-state index is -1.88. The van der Waals surface area contributed by atoms with Gasteiger partial charge in [-0.25, -0.2) is 4.98 Å². The minimum Gasteiger partial charge on any atom is -0.381 e. The number of amides is 3. The van der Waals surface area contributed by atoms with Crippen LogP contribution < -0.4 is 20.9 Å². The number of nitrogens with zero attached hydrogens (tertiary/aromatic N) is 8. The number of benzene rings is 1. The molecule has 4 aliphatic heterocycles. The summed E-state index contributed by atoms with van der Waals surface area (Å²) in [6.45, 7) is 5.72. The highest BCUT2D eigenvalue weighted by molar-refractivity contribution is 6.14. The number of hydrogen-bond donors (Lipinski definition) is 4. The Bertz CT molecular complexity index is 2260. The SMILES string of the molecule is [B]C(O)(c1cccc(C(=O)N2CCCC2)n1)N1CC(n2ncc3c2C(C)N(C)c2c(Nc4cc(NC(=O)C5CC5)nnc4C(=O)NC)cc(C4CCOCC4)cc2-3)C1. The Labute approximate surface area is 338 Å². The first kappa shape index (κ1) is 38.2. The van der Waals surface area contributed by atoms with Crippen LogP contribution in [-0.4, -0.2) is 119 Å². The molecule has 1 aromatic carbocycles. The normalized spacial score (nSPS) is 20.8. The largest absolute Gasteiger partial charge is 0.381 e. The van der Waals surface area contributed by atoms with Crippen molar-refractivity contribution in [3.8, 4) is 11.1 Å². The molecule has 2 radical (unpaired) electrons. The Hall–Kier alpha value is -5.39. The van der Waals surface area contributed by atoms with Gasteiger partial charge in [0, 0.05) is 76.6 Å². The molecule has 4 N–H and O–H groups in total. The maximum atomic E-state index is 13.1. The zero-order valence-corrected chi connectivity index (χ0v) is 33.1. The zero-order chi connectivity index (χ0) is 40.3. The van der Waals surface area contributed by atoms with Gasteiger partial charge in [0.25, 0.3) is 11.8 Å². The summed E-state index contributed by atoms with van der Waals surface area (Å²) in [5.41, 5.74) is 5.01. The van der Waals surface area contributed by atoms with Crippen LogP contribution in [-0.2, 0) is 15.2 Å². The van der Waals surface area contributed by atoms with Crippen LogP contribution in [0.3, 0.4) is 0 Å². The summed E-state index contributed by atoms with van der Waals surface area (Å²) in [4.78, 5) is 49.1. The molecule has 3 aromatic heterocycles. The quantitative estimate of drug-likeness (QED) is 0.172. The molecule has 2 atom stereocenters. The molecule has 4 aromatic rings. The van der Waals surface area contributed by atoms with E-state index in [4.69, 9.17) is 17.7 Å². The predicted molar refractivity (Wildman–Crippen MR) is 217 cm³/mol. The summed E-state index contributed by atoms with van der Waals surface area (Å²) in [6, 6.07) is 10.9. The first-order valence-electron chi connectivity index (χ1n) is 20.3.